The van der Waals surface area contributed by atoms with E-state index >= 15 is 0 Å². The monoisotopic (exact) mass is 225 g/mol. The number of carboxylic acid groups (broad SMARTS) is 1. The molecule has 0 unspecified atom stereocenters. The molecule has 0 saturated heterocycles. The third-order valence-electron chi connectivity index (χ3n) is 2.06. The van der Waals surface area contributed by atoms with Gasteiger partial charge in [0.05, 0.1) is 25.0 Å². The molecule has 1 aromatic rings. The second kappa shape index (κ2) is 5.25. The lowest BCUT2D eigenvalue weighted by atomic mass is 10.1. The maximum absolute atomic E-state index is 10.9. The molecule has 5 heteroatoms. The number of anilines is 1. The lowest BCUT2D eigenvalue weighted by Gasteiger charge is -2.13. The molecule has 0 heterocycles. The van der Waals surface area contributed by atoms with E-state index in [9.17, 15) is 4.79 Å². The summed E-state index contributed by atoms with van der Waals surface area (Å²) in [6.07, 6.45) is 0.805. The van der Waals surface area contributed by atoms with Crippen LogP contribution in [0, 0.1) is 0 Å². The molecule has 0 aromatic heterocycles. The minimum Gasteiger partial charge on any atom is -0.493 e. The van der Waals surface area contributed by atoms with E-state index in [1.807, 2.05) is 6.92 Å². The highest BCUT2D eigenvalue weighted by atomic mass is 16.5. The third-order valence-corrected chi connectivity index (χ3v) is 2.06. The molecule has 0 amide bonds. The van der Waals surface area contributed by atoms with Crippen LogP contribution in [-0.4, -0.2) is 24.8 Å². The first-order valence-electron chi connectivity index (χ1n) is 4.94. The van der Waals surface area contributed by atoms with Crippen LogP contribution in [0.2, 0.25) is 0 Å². The average molecular weight is 225 g/mol. The van der Waals surface area contributed by atoms with Gasteiger partial charge in [-0.25, -0.2) is 4.79 Å². The van der Waals surface area contributed by atoms with Gasteiger partial charge < -0.3 is 20.3 Å². The quantitative estimate of drug-likeness (QED) is 0.746. The Morgan fingerprint density at radius 3 is 2.69 bits per heavy atom. The first-order valence-corrected chi connectivity index (χ1v) is 4.94. The predicted octanol–water partition coefficient (Wildman–Crippen LogP) is 1.76. The van der Waals surface area contributed by atoms with E-state index in [4.69, 9.17) is 20.3 Å². The number of methoxy groups -OCH3 is 1. The fraction of sp³-hybridized carbons (Fsp3) is 0.364. The molecule has 0 atom stereocenters. The molecule has 0 aliphatic heterocycles. The highest BCUT2D eigenvalue weighted by molar-refractivity contribution is 5.96. The van der Waals surface area contributed by atoms with Crippen molar-refractivity contribution in [3.63, 3.8) is 0 Å². The number of aromatic carboxylic acids is 1. The zero-order valence-electron chi connectivity index (χ0n) is 9.32. The molecule has 3 N–H and O–H groups in total. The van der Waals surface area contributed by atoms with Gasteiger partial charge in [-0.05, 0) is 18.6 Å². The van der Waals surface area contributed by atoms with Gasteiger partial charge >= 0.3 is 5.97 Å². The van der Waals surface area contributed by atoms with E-state index in [1.165, 1.54) is 19.2 Å². The highest BCUT2D eigenvalue weighted by Gasteiger charge is 2.16. The summed E-state index contributed by atoms with van der Waals surface area (Å²) in [7, 11) is 1.48. The number of rotatable bonds is 5. The summed E-state index contributed by atoms with van der Waals surface area (Å²) in [5, 5.41) is 8.90. The Morgan fingerprint density at radius 1 is 1.50 bits per heavy atom. The van der Waals surface area contributed by atoms with Crippen molar-refractivity contribution in [1.29, 1.82) is 0 Å². The third kappa shape index (κ3) is 2.36. The van der Waals surface area contributed by atoms with Crippen molar-refractivity contribution in [3.05, 3.63) is 17.7 Å². The van der Waals surface area contributed by atoms with Crippen LogP contribution in [0.3, 0.4) is 0 Å². The summed E-state index contributed by atoms with van der Waals surface area (Å²) in [5.41, 5.74) is 5.83. The Labute approximate surface area is 93.8 Å². The van der Waals surface area contributed by atoms with Gasteiger partial charge in [0.15, 0.2) is 11.5 Å². The normalized spacial score (nSPS) is 9.88. The minimum absolute atomic E-state index is 0.0203. The summed E-state index contributed by atoms with van der Waals surface area (Å²) < 4.78 is 10.4. The molecule has 5 nitrogen and oxygen atoms in total. The second-order valence-electron chi connectivity index (χ2n) is 3.21. The number of benzene rings is 1. The van der Waals surface area contributed by atoms with Crippen molar-refractivity contribution in [2.24, 2.45) is 0 Å². The van der Waals surface area contributed by atoms with Gasteiger partial charge in [0.25, 0.3) is 0 Å². The molecular weight excluding hydrogens is 210 g/mol. The first-order chi connectivity index (χ1) is 7.61. The Hall–Kier alpha value is -1.91. The predicted molar refractivity (Wildman–Crippen MR) is 60.2 cm³/mol. The minimum atomic E-state index is -1.08. The van der Waals surface area contributed by atoms with Crippen molar-refractivity contribution < 1.29 is 19.4 Å². The molecule has 0 spiro atoms. The summed E-state index contributed by atoms with van der Waals surface area (Å²) in [4.78, 5) is 10.9. The molecule has 1 aromatic carbocycles. The lowest BCUT2D eigenvalue weighted by Crippen LogP contribution is -2.07. The topological polar surface area (TPSA) is 81.8 Å². The smallest absolute Gasteiger partial charge is 0.337 e. The SMILES string of the molecule is CCCOc1c(OC)ccc(C(=O)O)c1N. The van der Waals surface area contributed by atoms with Crippen LogP contribution < -0.4 is 15.2 Å². The second-order valence-corrected chi connectivity index (χ2v) is 3.21. The van der Waals surface area contributed by atoms with E-state index in [-0.39, 0.29) is 11.3 Å². The molecule has 0 fully saturated rings. The van der Waals surface area contributed by atoms with E-state index in [0.717, 1.165) is 6.42 Å². The van der Waals surface area contributed by atoms with Crippen molar-refractivity contribution in [3.8, 4) is 11.5 Å². The van der Waals surface area contributed by atoms with Crippen molar-refractivity contribution in [2.45, 2.75) is 13.3 Å². The van der Waals surface area contributed by atoms with Crippen LogP contribution in [-0.2, 0) is 0 Å². The first kappa shape index (κ1) is 12.2. The van der Waals surface area contributed by atoms with Crippen LogP contribution in [0.4, 0.5) is 5.69 Å². The molecule has 16 heavy (non-hydrogen) atoms. The molecular formula is C11H15NO4. The summed E-state index contributed by atoms with van der Waals surface area (Å²) in [6, 6.07) is 2.93. The maximum Gasteiger partial charge on any atom is 0.337 e. The van der Waals surface area contributed by atoms with Crippen LogP contribution in [0.1, 0.15) is 23.7 Å². The van der Waals surface area contributed by atoms with E-state index in [1.54, 1.807) is 0 Å². The number of hydrogen-bond donors (Lipinski definition) is 2. The maximum atomic E-state index is 10.9. The van der Waals surface area contributed by atoms with Crippen molar-refractivity contribution >= 4 is 11.7 Å². The fourth-order valence-electron chi connectivity index (χ4n) is 1.28. The molecule has 0 aliphatic carbocycles. The van der Waals surface area contributed by atoms with Gasteiger partial charge in [-0.3, -0.25) is 0 Å². The van der Waals surface area contributed by atoms with Crippen molar-refractivity contribution in [2.75, 3.05) is 19.5 Å². The Bertz CT molecular complexity index is 390. The lowest BCUT2D eigenvalue weighted by molar-refractivity contribution is 0.0697. The number of carboxylic acids is 1. The van der Waals surface area contributed by atoms with Gasteiger partial charge in [0.2, 0.25) is 0 Å². The van der Waals surface area contributed by atoms with E-state index < -0.39 is 5.97 Å². The van der Waals surface area contributed by atoms with Gasteiger partial charge in [-0.1, -0.05) is 6.92 Å². The van der Waals surface area contributed by atoms with Gasteiger partial charge in [-0.2, -0.15) is 0 Å². The van der Waals surface area contributed by atoms with E-state index in [2.05, 4.69) is 0 Å². The Balaban J connectivity index is 3.17. The van der Waals surface area contributed by atoms with Crippen LogP contribution >= 0.6 is 0 Å². The zero-order valence-corrected chi connectivity index (χ0v) is 9.32. The number of nitrogen functional groups attached to an aromatic ring is 1. The summed E-state index contributed by atoms with van der Waals surface area (Å²) in [6.45, 7) is 2.41. The van der Waals surface area contributed by atoms with Gasteiger partial charge in [0, 0.05) is 0 Å². The largest absolute Gasteiger partial charge is 0.493 e. The average Bonchev–Trinajstić information content (AvgIpc) is 2.26. The Morgan fingerprint density at radius 2 is 2.19 bits per heavy atom. The number of ether oxygens (including phenoxy) is 2. The zero-order chi connectivity index (χ0) is 12.1. The number of nitrogens with two attached hydrogens (primary N) is 1. The molecule has 88 valence electrons. The molecule has 0 bridgehead atoms. The van der Waals surface area contributed by atoms with Crippen molar-refractivity contribution in [1.82, 2.24) is 0 Å². The number of hydrogen-bond acceptors (Lipinski definition) is 4. The standard InChI is InChI=1S/C11H15NO4/c1-3-6-16-10-8(15-2)5-4-7(9(10)12)11(13)14/h4-5H,3,6,12H2,1-2H3,(H,13,14). The molecule has 0 aliphatic rings. The molecule has 1 rings (SSSR count). The van der Waals surface area contributed by atoms with E-state index in [0.29, 0.717) is 18.1 Å². The Kier molecular flexibility index (Phi) is 3.99. The van der Waals surface area contributed by atoms with Crippen LogP contribution in [0.15, 0.2) is 12.1 Å². The highest BCUT2D eigenvalue weighted by Crippen LogP contribution is 2.36. The fourth-order valence-corrected chi connectivity index (χ4v) is 1.28. The molecule has 0 radical (unpaired) electrons. The van der Waals surface area contributed by atoms with Crippen LogP contribution in [0.25, 0.3) is 0 Å². The summed E-state index contributed by atoms with van der Waals surface area (Å²) in [5.74, 6) is -0.346. The van der Waals surface area contributed by atoms with Crippen LogP contribution in [0.5, 0.6) is 11.5 Å². The summed E-state index contributed by atoms with van der Waals surface area (Å²) >= 11 is 0. The number of carbonyl (C=O) groups is 1. The van der Waals surface area contributed by atoms with Gasteiger partial charge in [-0.15, -0.1) is 0 Å². The molecule has 0 saturated carbocycles. The van der Waals surface area contributed by atoms with Gasteiger partial charge in [0.1, 0.15) is 0 Å².